The van der Waals surface area contributed by atoms with E-state index in [0.717, 1.165) is 57.3 Å². The number of piperidine rings is 1. The number of nitrogens with zero attached hydrogens (tertiary/aromatic N) is 4. The monoisotopic (exact) mass is 395 g/mol. The standard InChI is InChI=1S/C23H33N5O/c1-29-21-14-18-6-3-2-5-17(18)13-20(21)16-27-10-8-22-25-26-23(28(22)12-11-27)19-7-4-9-24-15-19/h13-14,19,24H,2-12,15-16H2,1H3/t19-/m0/s1. The maximum absolute atomic E-state index is 5.77. The number of rotatable bonds is 4. The Labute approximate surface area is 173 Å². The van der Waals surface area contributed by atoms with E-state index in [0.29, 0.717) is 5.92 Å². The molecule has 1 aromatic carbocycles. The Morgan fingerprint density at radius 1 is 1.03 bits per heavy atom. The minimum atomic E-state index is 0.511. The van der Waals surface area contributed by atoms with Gasteiger partial charge in [0.15, 0.2) is 0 Å². The normalized spacial score (nSPS) is 22.6. The van der Waals surface area contributed by atoms with Crippen molar-refractivity contribution >= 4 is 0 Å². The fraction of sp³-hybridized carbons (Fsp3) is 0.652. The minimum absolute atomic E-state index is 0.511. The Morgan fingerprint density at radius 3 is 2.69 bits per heavy atom. The molecule has 1 N–H and O–H groups in total. The molecule has 1 aromatic heterocycles. The van der Waals surface area contributed by atoms with Gasteiger partial charge in [-0.3, -0.25) is 4.90 Å². The number of benzene rings is 1. The van der Waals surface area contributed by atoms with Gasteiger partial charge in [-0.05, 0) is 62.3 Å². The number of aryl methyl sites for hydroxylation is 2. The molecule has 1 fully saturated rings. The van der Waals surface area contributed by atoms with Crippen molar-refractivity contribution in [2.24, 2.45) is 0 Å². The SMILES string of the molecule is COc1cc2c(cc1CN1CCc3nnc([C@H]4CCCNC4)n3CC1)CCCC2. The second-order valence-corrected chi connectivity index (χ2v) is 8.84. The van der Waals surface area contributed by atoms with Crippen molar-refractivity contribution in [3.8, 4) is 5.75 Å². The zero-order valence-electron chi connectivity index (χ0n) is 17.6. The lowest BCUT2D eigenvalue weighted by Gasteiger charge is -2.25. The van der Waals surface area contributed by atoms with Gasteiger partial charge in [-0.25, -0.2) is 0 Å². The molecule has 29 heavy (non-hydrogen) atoms. The van der Waals surface area contributed by atoms with E-state index in [2.05, 4.69) is 37.1 Å². The van der Waals surface area contributed by atoms with Crippen LogP contribution in [-0.2, 0) is 32.4 Å². The summed E-state index contributed by atoms with van der Waals surface area (Å²) in [6, 6.07) is 4.71. The van der Waals surface area contributed by atoms with Gasteiger partial charge < -0.3 is 14.6 Å². The maximum atomic E-state index is 5.77. The topological polar surface area (TPSA) is 55.2 Å². The summed E-state index contributed by atoms with van der Waals surface area (Å²) in [5.74, 6) is 3.92. The Hall–Kier alpha value is -1.92. The Morgan fingerprint density at radius 2 is 1.90 bits per heavy atom. The molecule has 2 aliphatic heterocycles. The van der Waals surface area contributed by atoms with Crippen molar-refractivity contribution in [2.75, 3.05) is 33.3 Å². The lowest BCUT2D eigenvalue weighted by molar-refractivity contribution is 0.264. The van der Waals surface area contributed by atoms with Crippen molar-refractivity contribution in [2.45, 2.75) is 64.0 Å². The number of nitrogens with one attached hydrogen (secondary N) is 1. The molecule has 3 heterocycles. The predicted molar refractivity (Wildman–Crippen MR) is 113 cm³/mol. The van der Waals surface area contributed by atoms with E-state index in [1.54, 1.807) is 0 Å². The molecule has 6 heteroatoms. The van der Waals surface area contributed by atoms with Gasteiger partial charge >= 0.3 is 0 Å². The van der Waals surface area contributed by atoms with Gasteiger partial charge in [0.1, 0.15) is 17.4 Å². The van der Waals surface area contributed by atoms with E-state index in [4.69, 9.17) is 4.74 Å². The van der Waals surface area contributed by atoms with Crippen LogP contribution in [0.2, 0.25) is 0 Å². The van der Waals surface area contributed by atoms with Crippen LogP contribution in [0.15, 0.2) is 12.1 Å². The second-order valence-electron chi connectivity index (χ2n) is 8.84. The molecular weight excluding hydrogens is 362 g/mol. The summed E-state index contributed by atoms with van der Waals surface area (Å²) < 4.78 is 8.17. The van der Waals surface area contributed by atoms with E-state index in [9.17, 15) is 0 Å². The fourth-order valence-electron chi connectivity index (χ4n) is 5.29. The third-order valence-corrected chi connectivity index (χ3v) is 6.95. The summed E-state index contributed by atoms with van der Waals surface area (Å²) in [6.45, 7) is 6.18. The first kappa shape index (κ1) is 19.1. The molecule has 1 atom stereocenters. The van der Waals surface area contributed by atoms with Crippen LogP contribution in [0, 0.1) is 0 Å². The van der Waals surface area contributed by atoms with Crippen molar-refractivity contribution in [3.05, 3.63) is 40.5 Å². The van der Waals surface area contributed by atoms with Crippen LogP contribution >= 0.6 is 0 Å². The van der Waals surface area contributed by atoms with Crippen LogP contribution in [0.1, 0.15) is 59.9 Å². The highest BCUT2D eigenvalue weighted by molar-refractivity contribution is 5.44. The summed E-state index contributed by atoms with van der Waals surface area (Å²) in [5, 5.41) is 12.7. The van der Waals surface area contributed by atoms with Crippen molar-refractivity contribution < 1.29 is 4.74 Å². The molecule has 5 rings (SSSR count). The van der Waals surface area contributed by atoms with Crippen molar-refractivity contribution in [1.82, 2.24) is 25.0 Å². The van der Waals surface area contributed by atoms with Crippen LogP contribution in [0.25, 0.3) is 0 Å². The average Bonchev–Trinajstić information content (AvgIpc) is 3.08. The molecule has 0 amide bonds. The third-order valence-electron chi connectivity index (χ3n) is 6.95. The molecule has 0 radical (unpaired) electrons. The van der Waals surface area contributed by atoms with Gasteiger partial charge in [0.25, 0.3) is 0 Å². The zero-order valence-corrected chi connectivity index (χ0v) is 17.6. The predicted octanol–water partition coefficient (Wildman–Crippen LogP) is 2.69. The summed E-state index contributed by atoms with van der Waals surface area (Å²) in [6.07, 6.45) is 8.46. The summed E-state index contributed by atoms with van der Waals surface area (Å²) in [5.41, 5.74) is 4.36. The van der Waals surface area contributed by atoms with Gasteiger partial charge in [-0.2, -0.15) is 0 Å². The smallest absolute Gasteiger partial charge is 0.137 e. The molecule has 3 aliphatic rings. The highest BCUT2D eigenvalue weighted by Crippen LogP contribution is 2.30. The largest absolute Gasteiger partial charge is 0.496 e. The molecule has 0 saturated carbocycles. The van der Waals surface area contributed by atoms with Gasteiger partial charge in [0, 0.05) is 50.6 Å². The number of hydrogen-bond acceptors (Lipinski definition) is 5. The number of ether oxygens (including phenoxy) is 1. The number of methoxy groups -OCH3 is 1. The highest BCUT2D eigenvalue weighted by atomic mass is 16.5. The van der Waals surface area contributed by atoms with Gasteiger partial charge in [0.2, 0.25) is 0 Å². The van der Waals surface area contributed by atoms with Crippen LogP contribution in [-0.4, -0.2) is 53.0 Å². The molecule has 156 valence electrons. The van der Waals surface area contributed by atoms with Crippen molar-refractivity contribution in [1.29, 1.82) is 0 Å². The molecule has 0 spiro atoms. The van der Waals surface area contributed by atoms with E-state index in [1.807, 2.05) is 7.11 Å². The second kappa shape index (κ2) is 8.44. The summed E-state index contributed by atoms with van der Waals surface area (Å²) in [4.78, 5) is 2.56. The molecule has 1 saturated heterocycles. The first-order chi connectivity index (χ1) is 14.3. The maximum Gasteiger partial charge on any atom is 0.137 e. The molecular formula is C23H33N5O. The minimum Gasteiger partial charge on any atom is -0.496 e. The number of fused-ring (bicyclic) bond motifs is 2. The third kappa shape index (κ3) is 3.92. The Kier molecular flexibility index (Phi) is 5.55. The van der Waals surface area contributed by atoms with Gasteiger partial charge in [-0.1, -0.05) is 6.07 Å². The van der Waals surface area contributed by atoms with E-state index >= 15 is 0 Å². The highest BCUT2D eigenvalue weighted by Gasteiger charge is 2.25. The van der Waals surface area contributed by atoms with E-state index < -0.39 is 0 Å². The van der Waals surface area contributed by atoms with Crippen LogP contribution < -0.4 is 10.1 Å². The van der Waals surface area contributed by atoms with Gasteiger partial charge in [0.05, 0.1) is 7.11 Å². The lowest BCUT2D eigenvalue weighted by Crippen LogP contribution is -2.31. The molecule has 6 nitrogen and oxygen atoms in total. The fourth-order valence-corrected chi connectivity index (χ4v) is 5.29. The molecule has 2 aromatic rings. The zero-order chi connectivity index (χ0) is 19.6. The first-order valence-electron chi connectivity index (χ1n) is 11.4. The van der Waals surface area contributed by atoms with Crippen LogP contribution in [0.5, 0.6) is 5.75 Å². The quantitative estimate of drug-likeness (QED) is 0.863. The molecule has 0 bridgehead atoms. The summed E-state index contributed by atoms with van der Waals surface area (Å²) in [7, 11) is 1.81. The Balaban J connectivity index is 1.31. The average molecular weight is 396 g/mol. The molecule has 0 unspecified atom stereocenters. The number of hydrogen-bond donors (Lipinski definition) is 1. The van der Waals surface area contributed by atoms with E-state index in [1.165, 1.54) is 61.0 Å². The molecule has 1 aliphatic carbocycles. The first-order valence-corrected chi connectivity index (χ1v) is 11.4. The van der Waals surface area contributed by atoms with E-state index in [-0.39, 0.29) is 0 Å². The van der Waals surface area contributed by atoms with Gasteiger partial charge in [-0.15, -0.1) is 10.2 Å². The van der Waals surface area contributed by atoms with Crippen molar-refractivity contribution in [3.63, 3.8) is 0 Å². The Bertz CT molecular complexity index is 855. The lowest BCUT2D eigenvalue weighted by atomic mass is 9.90. The number of aromatic nitrogens is 3. The summed E-state index contributed by atoms with van der Waals surface area (Å²) >= 11 is 0. The van der Waals surface area contributed by atoms with Crippen LogP contribution in [0.3, 0.4) is 0 Å². The van der Waals surface area contributed by atoms with Crippen LogP contribution in [0.4, 0.5) is 0 Å².